The van der Waals surface area contributed by atoms with Crippen LogP contribution in [0.15, 0.2) is 22.7 Å². The zero-order valence-corrected chi connectivity index (χ0v) is 11.4. The molecule has 1 saturated heterocycles. The van der Waals surface area contributed by atoms with Crippen LogP contribution in [0.2, 0.25) is 0 Å². The summed E-state index contributed by atoms with van der Waals surface area (Å²) in [5, 5.41) is 2.91. The molecule has 0 bridgehead atoms. The van der Waals surface area contributed by atoms with Crippen LogP contribution >= 0.6 is 15.9 Å². The normalized spacial score (nSPS) is 20.0. The fourth-order valence-corrected chi connectivity index (χ4v) is 2.27. The van der Waals surface area contributed by atoms with Crippen molar-refractivity contribution in [3.05, 3.63) is 28.2 Å². The average molecular weight is 298 g/mol. The molecule has 1 aromatic rings. The van der Waals surface area contributed by atoms with E-state index >= 15 is 0 Å². The van der Waals surface area contributed by atoms with E-state index in [1.807, 2.05) is 25.1 Å². The highest BCUT2D eigenvalue weighted by molar-refractivity contribution is 9.10. The van der Waals surface area contributed by atoms with E-state index in [4.69, 9.17) is 4.74 Å². The molecule has 2 rings (SSSR count). The van der Waals surface area contributed by atoms with Crippen LogP contribution < -0.4 is 5.32 Å². The Bertz CT molecular complexity index is 414. The number of amides is 1. The fourth-order valence-electron chi connectivity index (χ4n) is 1.90. The van der Waals surface area contributed by atoms with E-state index < -0.39 is 0 Å². The molecule has 1 N–H and O–H groups in total. The highest BCUT2D eigenvalue weighted by Gasteiger charge is 2.22. The third-order valence-corrected chi connectivity index (χ3v) is 3.97. The number of ether oxygens (including phenoxy) is 1. The van der Waals surface area contributed by atoms with Gasteiger partial charge in [-0.05, 0) is 53.7 Å². The monoisotopic (exact) mass is 297 g/mol. The fraction of sp³-hybridized carbons (Fsp3) is 0.462. The Morgan fingerprint density at radius 3 is 3.00 bits per heavy atom. The van der Waals surface area contributed by atoms with Crippen LogP contribution in [0.4, 0.5) is 5.69 Å². The second-order valence-electron chi connectivity index (χ2n) is 4.28. The third-order valence-electron chi connectivity index (χ3n) is 2.92. The molecular weight excluding hydrogens is 282 g/mol. The first-order valence-electron chi connectivity index (χ1n) is 5.86. The van der Waals surface area contributed by atoms with E-state index in [1.54, 1.807) is 0 Å². The molecule has 1 heterocycles. The second-order valence-corrected chi connectivity index (χ2v) is 5.07. The van der Waals surface area contributed by atoms with Gasteiger partial charge >= 0.3 is 0 Å². The van der Waals surface area contributed by atoms with Gasteiger partial charge in [0.2, 0.25) is 0 Å². The summed E-state index contributed by atoms with van der Waals surface area (Å²) in [6.45, 7) is 2.68. The van der Waals surface area contributed by atoms with Crippen LogP contribution in [0.1, 0.15) is 24.8 Å². The van der Waals surface area contributed by atoms with E-state index in [9.17, 15) is 4.79 Å². The Labute approximate surface area is 110 Å². The zero-order chi connectivity index (χ0) is 12.3. The Kier molecular flexibility index (Phi) is 4.18. The molecule has 1 aliphatic rings. The lowest BCUT2D eigenvalue weighted by Gasteiger charge is -2.22. The zero-order valence-electron chi connectivity index (χ0n) is 9.83. The SMILES string of the molecule is Cc1cccc(NC(=O)C2CCCCO2)c1Br. The number of anilines is 1. The molecule has 1 fully saturated rings. The molecule has 1 atom stereocenters. The van der Waals surface area contributed by atoms with E-state index in [1.165, 1.54) is 0 Å². The van der Waals surface area contributed by atoms with Crippen molar-refractivity contribution in [1.82, 2.24) is 0 Å². The molecule has 17 heavy (non-hydrogen) atoms. The predicted molar refractivity (Wildman–Crippen MR) is 71.1 cm³/mol. The molecular formula is C13H16BrNO2. The number of rotatable bonds is 2. The molecule has 0 spiro atoms. The van der Waals surface area contributed by atoms with Gasteiger partial charge in [0.25, 0.3) is 5.91 Å². The Morgan fingerprint density at radius 2 is 2.29 bits per heavy atom. The largest absolute Gasteiger partial charge is 0.368 e. The molecule has 3 nitrogen and oxygen atoms in total. The smallest absolute Gasteiger partial charge is 0.253 e. The van der Waals surface area contributed by atoms with Crippen molar-refractivity contribution in [2.45, 2.75) is 32.3 Å². The molecule has 0 aliphatic carbocycles. The summed E-state index contributed by atoms with van der Waals surface area (Å²) >= 11 is 3.48. The number of hydrogen-bond acceptors (Lipinski definition) is 2. The van der Waals surface area contributed by atoms with Crippen LogP contribution in [0.3, 0.4) is 0 Å². The van der Waals surface area contributed by atoms with Crippen molar-refractivity contribution >= 4 is 27.5 Å². The van der Waals surface area contributed by atoms with Gasteiger partial charge in [-0.15, -0.1) is 0 Å². The van der Waals surface area contributed by atoms with Gasteiger partial charge in [-0.2, -0.15) is 0 Å². The number of halogens is 1. The molecule has 1 aromatic carbocycles. The lowest BCUT2D eigenvalue weighted by molar-refractivity contribution is -0.129. The molecule has 1 unspecified atom stereocenters. The third kappa shape index (κ3) is 3.07. The van der Waals surface area contributed by atoms with Crippen LogP contribution in [0.25, 0.3) is 0 Å². The van der Waals surface area contributed by atoms with Gasteiger partial charge < -0.3 is 10.1 Å². The topological polar surface area (TPSA) is 38.3 Å². The predicted octanol–water partition coefficient (Wildman–Crippen LogP) is 3.27. The summed E-state index contributed by atoms with van der Waals surface area (Å²) < 4.78 is 6.39. The number of nitrogens with one attached hydrogen (secondary N) is 1. The molecule has 0 radical (unpaired) electrons. The molecule has 0 saturated carbocycles. The van der Waals surface area contributed by atoms with Gasteiger partial charge in [0.05, 0.1) is 5.69 Å². The molecule has 1 amide bonds. The first kappa shape index (κ1) is 12.6. The number of carbonyl (C=O) groups excluding carboxylic acids is 1. The standard InChI is InChI=1S/C13H16BrNO2/c1-9-5-4-6-10(12(9)14)15-13(16)11-7-2-3-8-17-11/h4-6,11H,2-3,7-8H2,1H3,(H,15,16). The van der Waals surface area contributed by atoms with Crippen molar-refractivity contribution in [3.8, 4) is 0 Å². The van der Waals surface area contributed by atoms with Crippen molar-refractivity contribution in [2.75, 3.05) is 11.9 Å². The van der Waals surface area contributed by atoms with Gasteiger partial charge in [-0.1, -0.05) is 12.1 Å². The van der Waals surface area contributed by atoms with Crippen LogP contribution in [0, 0.1) is 6.92 Å². The van der Waals surface area contributed by atoms with Gasteiger partial charge in [0.1, 0.15) is 6.10 Å². The molecule has 1 aliphatic heterocycles. The lowest BCUT2D eigenvalue weighted by Crippen LogP contribution is -2.33. The summed E-state index contributed by atoms with van der Waals surface area (Å²) in [6, 6.07) is 5.81. The Hall–Kier alpha value is -0.870. The summed E-state index contributed by atoms with van der Waals surface area (Å²) in [4.78, 5) is 12.0. The summed E-state index contributed by atoms with van der Waals surface area (Å²) in [6.07, 6.45) is 2.64. The van der Waals surface area contributed by atoms with Crippen LogP contribution in [0.5, 0.6) is 0 Å². The number of aryl methyl sites for hydroxylation is 1. The van der Waals surface area contributed by atoms with Crippen LogP contribution in [-0.4, -0.2) is 18.6 Å². The highest BCUT2D eigenvalue weighted by Crippen LogP contribution is 2.26. The van der Waals surface area contributed by atoms with Crippen molar-refractivity contribution in [1.29, 1.82) is 0 Å². The number of carbonyl (C=O) groups is 1. The van der Waals surface area contributed by atoms with Crippen LogP contribution in [-0.2, 0) is 9.53 Å². The summed E-state index contributed by atoms with van der Waals surface area (Å²) in [5.41, 5.74) is 1.91. The summed E-state index contributed by atoms with van der Waals surface area (Å²) in [7, 11) is 0. The first-order valence-corrected chi connectivity index (χ1v) is 6.65. The van der Waals surface area contributed by atoms with E-state index in [-0.39, 0.29) is 12.0 Å². The maximum Gasteiger partial charge on any atom is 0.253 e. The minimum absolute atomic E-state index is 0.0454. The lowest BCUT2D eigenvalue weighted by atomic mass is 10.1. The van der Waals surface area contributed by atoms with Gasteiger partial charge in [0.15, 0.2) is 0 Å². The number of benzene rings is 1. The van der Waals surface area contributed by atoms with Gasteiger partial charge in [0, 0.05) is 11.1 Å². The quantitative estimate of drug-likeness (QED) is 0.910. The van der Waals surface area contributed by atoms with Crippen molar-refractivity contribution in [2.24, 2.45) is 0 Å². The Balaban J connectivity index is 2.04. The highest BCUT2D eigenvalue weighted by atomic mass is 79.9. The minimum atomic E-state index is -0.295. The van der Waals surface area contributed by atoms with E-state index in [2.05, 4.69) is 21.2 Å². The first-order chi connectivity index (χ1) is 8.18. The number of hydrogen-bond donors (Lipinski definition) is 1. The molecule has 92 valence electrons. The summed E-state index contributed by atoms with van der Waals surface area (Å²) in [5.74, 6) is -0.0454. The molecule has 4 heteroatoms. The maximum atomic E-state index is 12.0. The van der Waals surface area contributed by atoms with Gasteiger partial charge in [-0.25, -0.2) is 0 Å². The van der Waals surface area contributed by atoms with Crippen molar-refractivity contribution < 1.29 is 9.53 Å². The maximum absolute atomic E-state index is 12.0. The Morgan fingerprint density at radius 1 is 1.47 bits per heavy atom. The minimum Gasteiger partial charge on any atom is -0.368 e. The van der Waals surface area contributed by atoms with Crippen molar-refractivity contribution in [3.63, 3.8) is 0 Å². The van der Waals surface area contributed by atoms with E-state index in [0.717, 1.165) is 35.0 Å². The van der Waals surface area contributed by atoms with Gasteiger partial charge in [-0.3, -0.25) is 4.79 Å². The second kappa shape index (κ2) is 5.65. The average Bonchev–Trinajstić information content (AvgIpc) is 2.36. The molecule has 0 aromatic heterocycles. The van der Waals surface area contributed by atoms with E-state index in [0.29, 0.717) is 6.61 Å².